The molecule has 166 valence electrons. The lowest BCUT2D eigenvalue weighted by atomic mass is 10.1. The van der Waals surface area contributed by atoms with E-state index in [-0.39, 0.29) is 6.10 Å². The van der Waals surface area contributed by atoms with Crippen molar-refractivity contribution in [1.29, 1.82) is 0 Å². The second-order valence-electron chi connectivity index (χ2n) is 8.52. The summed E-state index contributed by atoms with van der Waals surface area (Å²) >= 11 is 1.65. The van der Waals surface area contributed by atoms with Crippen LogP contribution in [0.4, 0.5) is 10.9 Å². The van der Waals surface area contributed by atoms with Gasteiger partial charge >= 0.3 is 0 Å². The third-order valence-electron chi connectivity index (χ3n) is 5.86. The molecule has 0 spiro atoms. The van der Waals surface area contributed by atoms with E-state index >= 15 is 0 Å². The van der Waals surface area contributed by atoms with Crippen molar-refractivity contribution in [2.75, 3.05) is 25.0 Å². The fourth-order valence-corrected chi connectivity index (χ4v) is 4.84. The SMILES string of the molecule is Cc1nc(Nc2cccc([C@H]3CN(Cc4c(C)nn(C(C)C)c4C)CCO3)n2)sc1C. The van der Waals surface area contributed by atoms with Crippen LogP contribution in [0.5, 0.6) is 0 Å². The number of aryl methyl sites for hydroxylation is 3. The Balaban J connectivity index is 1.46. The number of hydrogen-bond acceptors (Lipinski definition) is 7. The zero-order chi connectivity index (χ0) is 22.1. The summed E-state index contributed by atoms with van der Waals surface area (Å²) in [6.45, 7) is 16.1. The van der Waals surface area contributed by atoms with Gasteiger partial charge in [0.1, 0.15) is 11.9 Å². The van der Waals surface area contributed by atoms with Crippen LogP contribution in [-0.2, 0) is 11.3 Å². The van der Waals surface area contributed by atoms with Crippen LogP contribution in [0.15, 0.2) is 18.2 Å². The van der Waals surface area contributed by atoms with Gasteiger partial charge in [0.05, 0.1) is 23.7 Å². The Bertz CT molecular complexity index is 1040. The van der Waals surface area contributed by atoms with E-state index in [1.165, 1.54) is 16.1 Å². The molecule has 0 bridgehead atoms. The topological polar surface area (TPSA) is 68.1 Å². The molecule has 0 aromatic carbocycles. The van der Waals surface area contributed by atoms with Gasteiger partial charge in [-0.1, -0.05) is 6.07 Å². The van der Waals surface area contributed by atoms with E-state index in [4.69, 9.17) is 14.8 Å². The molecule has 1 aliphatic heterocycles. The van der Waals surface area contributed by atoms with Gasteiger partial charge in [0, 0.05) is 41.8 Å². The van der Waals surface area contributed by atoms with Crippen molar-refractivity contribution in [3.05, 3.63) is 51.4 Å². The fraction of sp³-hybridized carbons (Fsp3) is 0.522. The predicted octanol–water partition coefficient (Wildman–Crippen LogP) is 4.87. The van der Waals surface area contributed by atoms with E-state index in [0.717, 1.165) is 47.7 Å². The first-order chi connectivity index (χ1) is 14.8. The molecule has 31 heavy (non-hydrogen) atoms. The van der Waals surface area contributed by atoms with Crippen molar-refractivity contribution >= 4 is 22.3 Å². The number of aromatic nitrogens is 4. The standard InChI is InChI=1S/C23H32N6OS/c1-14(2)29-17(5)19(16(4)27-29)12-28-10-11-30-21(13-28)20-8-7-9-22(25-20)26-23-24-15(3)18(6)31-23/h7-9,14,21H,10-13H2,1-6H3,(H,24,25,26)/t21-/m1/s1. The van der Waals surface area contributed by atoms with Crippen molar-refractivity contribution in [1.82, 2.24) is 24.6 Å². The van der Waals surface area contributed by atoms with Gasteiger partial charge in [-0.15, -0.1) is 11.3 Å². The number of nitrogens with zero attached hydrogens (tertiary/aromatic N) is 5. The van der Waals surface area contributed by atoms with E-state index in [1.807, 2.05) is 25.1 Å². The lowest BCUT2D eigenvalue weighted by Crippen LogP contribution is -2.38. The Morgan fingerprint density at radius 1 is 1.16 bits per heavy atom. The summed E-state index contributed by atoms with van der Waals surface area (Å²) in [6, 6.07) is 6.42. The van der Waals surface area contributed by atoms with Crippen LogP contribution in [-0.4, -0.2) is 44.3 Å². The minimum atomic E-state index is -0.0453. The molecule has 7 nitrogen and oxygen atoms in total. The normalized spacial score (nSPS) is 17.5. The van der Waals surface area contributed by atoms with Gasteiger partial charge in [-0.2, -0.15) is 5.10 Å². The van der Waals surface area contributed by atoms with Gasteiger partial charge in [0.15, 0.2) is 5.13 Å². The van der Waals surface area contributed by atoms with E-state index in [9.17, 15) is 0 Å². The lowest BCUT2D eigenvalue weighted by molar-refractivity contribution is -0.0350. The highest BCUT2D eigenvalue weighted by atomic mass is 32.1. The lowest BCUT2D eigenvalue weighted by Gasteiger charge is -2.32. The van der Waals surface area contributed by atoms with Crippen molar-refractivity contribution in [3.63, 3.8) is 0 Å². The average Bonchev–Trinajstić information content (AvgIpc) is 3.20. The van der Waals surface area contributed by atoms with Gasteiger partial charge in [-0.05, 0) is 53.7 Å². The first kappa shape index (κ1) is 21.9. The summed E-state index contributed by atoms with van der Waals surface area (Å²) in [5.41, 5.74) is 5.71. The molecule has 0 saturated carbocycles. The number of ether oxygens (including phenoxy) is 1. The Morgan fingerprint density at radius 3 is 2.65 bits per heavy atom. The van der Waals surface area contributed by atoms with Crippen LogP contribution >= 0.6 is 11.3 Å². The summed E-state index contributed by atoms with van der Waals surface area (Å²) < 4.78 is 8.22. The fourth-order valence-electron chi connectivity index (χ4n) is 4.01. The Kier molecular flexibility index (Phi) is 6.41. The molecule has 0 radical (unpaired) electrons. The van der Waals surface area contributed by atoms with Crippen LogP contribution in [0, 0.1) is 27.7 Å². The summed E-state index contributed by atoms with van der Waals surface area (Å²) in [7, 11) is 0. The Morgan fingerprint density at radius 2 is 1.97 bits per heavy atom. The number of nitrogens with one attached hydrogen (secondary N) is 1. The molecule has 1 aliphatic rings. The first-order valence-electron chi connectivity index (χ1n) is 10.9. The molecule has 0 aliphatic carbocycles. The van der Waals surface area contributed by atoms with Gasteiger partial charge < -0.3 is 10.1 Å². The maximum atomic E-state index is 6.10. The molecule has 3 aromatic heterocycles. The quantitative estimate of drug-likeness (QED) is 0.590. The van der Waals surface area contributed by atoms with E-state index in [1.54, 1.807) is 11.3 Å². The molecule has 4 heterocycles. The molecular weight excluding hydrogens is 408 g/mol. The number of anilines is 2. The predicted molar refractivity (Wildman–Crippen MR) is 125 cm³/mol. The molecule has 1 N–H and O–H groups in total. The Labute approximate surface area is 188 Å². The molecule has 0 amide bonds. The Hall–Kier alpha value is -2.29. The van der Waals surface area contributed by atoms with Gasteiger partial charge in [0.25, 0.3) is 0 Å². The molecule has 0 unspecified atom stereocenters. The average molecular weight is 441 g/mol. The van der Waals surface area contributed by atoms with Gasteiger partial charge in [0.2, 0.25) is 0 Å². The molecule has 8 heteroatoms. The monoisotopic (exact) mass is 440 g/mol. The number of thiazole rings is 1. The zero-order valence-electron chi connectivity index (χ0n) is 19.3. The van der Waals surface area contributed by atoms with Crippen LogP contribution in [0.1, 0.15) is 59.2 Å². The van der Waals surface area contributed by atoms with E-state index < -0.39 is 0 Å². The number of morpholine rings is 1. The summed E-state index contributed by atoms with van der Waals surface area (Å²) in [5, 5.41) is 8.96. The highest BCUT2D eigenvalue weighted by Gasteiger charge is 2.25. The van der Waals surface area contributed by atoms with Crippen molar-refractivity contribution in [3.8, 4) is 0 Å². The summed E-state index contributed by atoms with van der Waals surface area (Å²) in [5.74, 6) is 0.803. The first-order valence-corrected chi connectivity index (χ1v) is 11.7. The zero-order valence-corrected chi connectivity index (χ0v) is 20.1. The second kappa shape index (κ2) is 9.06. The number of rotatable bonds is 6. The van der Waals surface area contributed by atoms with Crippen molar-refractivity contribution in [2.24, 2.45) is 0 Å². The molecule has 1 fully saturated rings. The smallest absolute Gasteiger partial charge is 0.188 e. The maximum Gasteiger partial charge on any atom is 0.188 e. The number of pyridine rings is 1. The second-order valence-corrected chi connectivity index (χ2v) is 9.72. The maximum absolute atomic E-state index is 6.10. The van der Waals surface area contributed by atoms with E-state index in [2.05, 4.69) is 54.5 Å². The molecule has 4 rings (SSSR count). The largest absolute Gasteiger partial charge is 0.369 e. The van der Waals surface area contributed by atoms with Crippen LogP contribution in [0.25, 0.3) is 0 Å². The van der Waals surface area contributed by atoms with Gasteiger partial charge in [-0.25, -0.2) is 9.97 Å². The molecule has 1 atom stereocenters. The summed E-state index contributed by atoms with van der Waals surface area (Å²) in [6.07, 6.45) is -0.0453. The third kappa shape index (κ3) is 4.81. The molecule has 1 saturated heterocycles. The van der Waals surface area contributed by atoms with Crippen LogP contribution < -0.4 is 5.32 Å². The van der Waals surface area contributed by atoms with Crippen LogP contribution in [0.3, 0.4) is 0 Å². The highest BCUT2D eigenvalue weighted by molar-refractivity contribution is 7.15. The van der Waals surface area contributed by atoms with Crippen molar-refractivity contribution in [2.45, 2.75) is 60.2 Å². The van der Waals surface area contributed by atoms with Crippen LogP contribution in [0.2, 0.25) is 0 Å². The number of hydrogen-bond donors (Lipinski definition) is 1. The summed E-state index contributed by atoms with van der Waals surface area (Å²) in [4.78, 5) is 13.0. The van der Waals surface area contributed by atoms with E-state index in [0.29, 0.717) is 12.6 Å². The third-order valence-corrected chi connectivity index (χ3v) is 6.85. The molecule has 3 aromatic rings. The minimum Gasteiger partial charge on any atom is -0.369 e. The van der Waals surface area contributed by atoms with Crippen molar-refractivity contribution < 1.29 is 4.74 Å². The molecular formula is C23H32N6OS. The van der Waals surface area contributed by atoms with Gasteiger partial charge in [-0.3, -0.25) is 9.58 Å². The minimum absolute atomic E-state index is 0.0453. The highest BCUT2D eigenvalue weighted by Crippen LogP contribution is 2.27.